The van der Waals surface area contributed by atoms with Crippen LogP contribution in [-0.4, -0.2) is 42.1 Å². The smallest absolute Gasteiger partial charge is 0.328 e. The maximum Gasteiger partial charge on any atom is 0.328 e. The van der Waals surface area contributed by atoms with E-state index in [1.165, 1.54) is 37.4 Å². The Bertz CT molecular complexity index is 1010. The van der Waals surface area contributed by atoms with Crippen LogP contribution >= 0.6 is 0 Å². The molecule has 1 aromatic carbocycles. The molecule has 170 valence electrons. The highest BCUT2D eigenvalue weighted by atomic mass is 16.6. The van der Waals surface area contributed by atoms with E-state index in [0.29, 0.717) is 0 Å². The van der Waals surface area contributed by atoms with Crippen LogP contribution in [0.5, 0.6) is 11.5 Å². The SMILES string of the molecule is COc1ccnc(C(=O)N[C@@H](C)C(=O)OC2CCCc3ccccc3C2C)c1OC(C)=O. The van der Waals surface area contributed by atoms with Crippen molar-refractivity contribution >= 4 is 17.8 Å². The Morgan fingerprint density at radius 1 is 1.19 bits per heavy atom. The molecule has 0 spiro atoms. The van der Waals surface area contributed by atoms with Crippen molar-refractivity contribution in [2.24, 2.45) is 0 Å². The average molecular weight is 440 g/mol. The van der Waals surface area contributed by atoms with Gasteiger partial charge >= 0.3 is 11.9 Å². The lowest BCUT2D eigenvalue weighted by Crippen LogP contribution is -2.42. The number of methoxy groups -OCH3 is 1. The van der Waals surface area contributed by atoms with Gasteiger partial charge in [0.05, 0.1) is 7.11 Å². The lowest BCUT2D eigenvalue weighted by Gasteiger charge is -2.25. The van der Waals surface area contributed by atoms with E-state index in [9.17, 15) is 14.4 Å². The Kier molecular flexibility index (Phi) is 7.45. The molecule has 0 bridgehead atoms. The van der Waals surface area contributed by atoms with E-state index in [1.54, 1.807) is 6.92 Å². The zero-order valence-electron chi connectivity index (χ0n) is 18.7. The lowest BCUT2D eigenvalue weighted by atomic mass is 9.92. The largest absolute Gasteiger partial charge is 0.493 e. The normalized spacial score (nSPS) is 18.5. The topological polar surface area (TPSA) is 104 Å². The number of hydrogen-bond acceptors (Lipinski definition) is 7. The van der Waals surface area contributed by atoms with E-state index in [4.69, 9.17) is 14.2 Å². The molecule has 1 amide bonds. The number of ether oxygens (including phenoxy) is 3. The fourth-order valence-corrected chi connectivity index (χ4v) is 3.88. The lowest BCUT2D eigenvalue weighted by molar-refractivity contribution is -0.152. The van der Waals surface area contributed by atoms with E-state index in [0.717, 1.165) is 19.3 Å². The summed E-state index contributed by atoms with van der Waals surface area (Å²) in [7, 11) is 1.38. The summed E-state index contributed by atoms with van der Waals surface area (Å²) in [5, 5.41) is 2.58. The Morgan fingerprint density at radius 2 is 1.94 bits per heavy atom. The van der Waals surface area contributed by atoms with Crippen molar-refractivity contribution in [3.63, 3.8) is 0 Å². The van der Waals surface area contributed by atoms with Crippen LogP contribution in [0.3, 0.4) is 0 Å². The monoisotopic (exact) mass is 440 g/mol. The van der Waals surface area contributed by atoms with Gasteiger partial charge in [0.1, 0.15) is 12.1 Å². The molecule has 0 aliphatic heterocycles. The highest BCUT2D eigenvalue weighted by molar-refractivity contribution is 5.98. The molecule has 0 saturated carbocycles. The van der Waals surface area contributed by atoms with Crippen molar-refractivity contribution in [3.05, 3.63) is 53.3 Å². The number of hydrogen-bond donors (Lipinski definition) is 1. The predicted octanol–water partition coefficient (Wildman–Crippen LogP) is 3.19. The first kappa shape index (κ1) is 23.2. The summed E-state index contributed by atoms with van der Waals surface area (Å²) < 4.78 is 16.1. The van der Waals surface area contributed by atoms with Crippen LogP contribution in [0.25, 0.3) is 0 Å². The van der Waals surface area contributed by atoms with E-state index >= 15 is 0 Å². The Morgan fingerprint density at radius 3 is 2.66 bits per heavy atom. The molecular formula is C24H28N2O6. The highest BCUT2D eigenvalue weighted by Crippen LogP contribution is 2.32. The van der Waals surface area contributed by atoms with Crippen LogP contribution in [0.2, 0.25) is 0 Å². The number of nitrogens with one attached hydrogen (secondary N) is 1. The zero-order valence-corrected chi connectivity index (χ0v) is 18.7. The summed E-state index contributed by atoms with van der Waals surface area (Å²) in [6.07, 6.45) is 3.68. The molecule has 1 aliphatic rings. The quantitative estimate of drug-likeness (QED) is 0.543. The third kappa shape index (κ3) is 5.25. The van der Waals surface area contributed by atoms with Crippen molar-refractivity contribution in [2.75, 3.05) is 7.11 Å². The molecular weight excluding hydrogens is 412 g/mol. The van der Waals surface area contributed by atoms with Crippen molar-refractivity contribution in [1.82, 2.24) is 10.3 Å². The summed E-state index contributed by atoms with van der Waals surface area (Å²) in [6.45, 7) is 4.80. The number of pyridine rings is 1. The Labute approximate surface area is 187 Å². The van der Waals surface area contributed by atoms with Gasteiger partial charge in [0.15, 0.2) is 11.4 Å². The van der Waals surface area contributed by atoms with Crippen LogP contribution in [0.4, 0.5) is 0 Å². The number of carbonyl (C=O) groups is 3. The molecule has 0 saturated heterocycles. The van der Waals surface area contributed by atoms with Crippen molar-refractivity contribution < 1.29 is 28.6 Å². The third-order valence-electron chi connectivity index (χ3n) is 5.56. The maximum absolute atomic E-state index is 12.8. The van der Waals surface area contributed by atoms with Gasteiger partial charge < -0.3 is 19.5 Å². The standard InChI is InChI=1S/C24H28N2O6/c1-14-18-10-6-5-8-17(18)9-7-11-19(14)32-24(29)15(2)26-23(28)21-22(31-16(3)27)20(30-4)12-13-25-21/h5-6,8,10,12-15,19H,7,9,11H2,1-4H3,(H,26,28)/t14?,15-,19?/m0/s1. The van der Waals surface area contributed by atoms with Gasteiger partial charge in [-0.3, -0.25) is 9.59 Å². The summed E-state index contributed by atoms with van der Waals surface area (Å²) in [6, 6.07) is 8.74. The molecule has 2 aromatic rings. The first-order valence-corrected chi connectivity index (χ1v) is 10.6. The maximum atomic E-state index is 12.8. The number of esters is 2. The van der Waals surface area contributed by atoms with Gasteiger partial charge in [0.25, 0.3) is 5.91 Å². The number of aromatic nitrogens is 1. The number of amides is 1. The minimum absolute atomic E-state index is 0.0520. The molecule has 1 heterocycles. The molecule has 1 aromatic heterocycles. The fourth-order valence-electron chi connectivity index (χ4n) is 3.88. The third-order valence-corrected chi connectivity index (χ3v) is 5.56. The van der Waals surface area contributed by atoms with Gasteiger partial charge in [-0.25, -0.2) is 9.78 Å². The molecule has 1 N–H and O–H groups in total. The van der Waals surface area contributed by atoms with Gasteiger partial charge in [-0.15, -0.1) is 0 Å². The molecule has 0 radical (unpaired) electrons. The number of fused-ring (bicyclic) bond motifs is 1. The summed E-state index contributed by atoms with van der Waals surface area (Å²) in [4.78, 5) is 41.0. The van der Waals surface area contributed by atoms with E-state index < -0.39 is 23.9 Å². The van der Waals surface area contributed by atoms with Gasteiger partial charge in [-0.05, 0) is 37.3 Å². The van der Waals surface area contributed by atoms with E-state index in [-0.39, 0.29) is 29.2 Å². The van der Waals surface area contributed by atoms with Crippen molar-refractivity contribution in [1.29, 1.82) is 0 Å². The van der Waals surface area contributed by atoms with Crippen molar-refractivity contribution in [2.45, 2.75) is 58.1 Å². The molecule has 1 aliphatic carbocycles. The summed E-state index contributed by atoms with van der Waals surface area (Å²) in [5.41, 5.74) is 2.31. The molecule has 32 heavy (non-hydrogen) atoms. The zero-order chi connectivity index (χ0) is 23.3. The molecule has 8 heteroatoms. The number of nitrogens with zero attached hydrogens (tertiary/aromatic N) is 1. The molecule has 8 nitrogen and oxygen atoms in total. The second-order valence-electron chi connectivity index (χ2n) is 7.83. The molecule has 3 atom stereocenters. The fraction of sp³-hybridized carbons (Fsp3) is 0.417. The second-order valence-corrected chi connectivity index (χ2v) is 7.83. The van der Waals surface area contributed by atoms with Crippen LogP contribution in [0.15, 0.2) is 36.5 Å². The average Bonchev–Trinajstić information content (AvgIpc) is 2.92. The van der Waals surface area contributed by atoms with Crippen LogP contribution in [0, 0.1) is 0 Å². The first-order valence-electron chi connectivity index (χ1n) is 10.6. The Hall–Kier alpha value is -3.42. The number of aryl methyl sites for hydroxylation is 1. The summed E-state index contributed by atoms with van der Waals surface area (Å²) >= 11 is 0. The minimum Gasteiger partial charge on any atom is -0.493 e. The number of rotatable bonds is 6. The Balaban J connectivity index is 1.70. The molecule has 0 fully saturated rings. The van der Waals surface area contributed by atoms with Gasteiger partial charge in [0, 0.05) is 25.1 Å². The van der Waals surface area contributed by atoms with Crippen molar-refractivity contribution in [3.8, 4) is 11.5 Å². The first-order chi connectivity index (χ1) is 15.3. The van der Waals surface area contributed by atoms with Crippen LogP contribution < -0.4 is 14.8 Å². The highest BCUT2D eigenvalue weighted by Gasteiger charge is 2.30. The van der Waals surface area contributed by atoms with Gasteiger partial charge in [0.2, 0.25) is 5.75 Å². The van der Waals surface area contributed by atoms with Gasteiger partial charge in [-0.1, -0.05) is 31.2 Å². The van der Waals surface area contributed by atoms with E-state index in [1.807, 2.05) is 12.1 Å². The van der Waals surface area contributed by atoms with Crippen LogP contribution in [-0.2, 0) is 20.7 Å². The molecule has 3 rings (SSSR count). The van der Waals surface area contributed by atoms with E-state index in [2.05, 4.69) is 29.4 Å². The van der Waals surface area contributed by atoms with Gasteiger partial charge in [-0.2, -0.15) is 0 Å². The minimum atomic E-state index is -0.925. The van der Waals surface area contributed by atoms with Crippen LogP contribution in [0.1, 0.15) is 61.1 Å². The molecule has 2 unspecified atom stereocenters. The number of benzene rings is 1. The summed E-state index contributed by atoms with van der Waals surface area (Å²) in [5.74, 6) is -1.71. The number of carbonyl (C=O) groups excluding carboxylic acids is 3. The predicted molar refractivity (Wildman–Crippen MR) is 117 cm³/mol. The second kappa shape index (κ2) is 10.3.